The molecule has 9 heteroatoms. The van der Waals surface area contributed by atoms with Gasteiger partial charge in [-0.25, -0.2) is 4.68 Å². The van der Waals surface area contributed by atoms with Crippen LogP contribution in [-0.2, 0) is 4.79 Å². The molecule has 8 nitrogen and oxygen atoms in total. The number of hydrogen-bond donors (Lipinski definition) is 2. The molecule has 0 saturated carbocycles. The summed E-state index contributed by atoms with van der Waals surface area (Å²) in [5.74, 6) is 3.19. The molecule has 2 aromatic carbocycles. The van der Waals surface area contributed by atoms with Gasteiger partial charge in [-0.1, -0.05) is 57.2 Å². The third kappa shape index (κ3) is 6.95. The van der Waals surface area contributed by atoms with Crippen LogP contribution in [0.15, 0.2) is 58.9 Å². The first kappa shape index (κ1) is 28.5. The van der Waals surface area contributed by atoms with Gasteiger partial charge < -0.3 is 20.1 Å². The number of carbonyl (C=O) groups excluding carboxylic acids is 1. The van der Waals surface area contributed by atoms with E-state index in [-0.39, 0.29) is 5.91 Å². The monoisotopic (exact) mass is 549 g/mol. The number of methoxy groups -OCH3 is 1. The van der Waals surface area contributed by atoms with Crippen molar-refractivity contribution in [1.82, 2.24) is 14.8 Å². The molecule has 1 unspecified atom stereocenters. The number of benzene rings is 2. The Kier molecular flexibility index (Phi) is 9.56. The topological polar surface area (TPSA) is 90.3 Å². The van der Waals surface area contributed by atoms with Gasteiger partial charge >= 0.3 is 0 Å². The Morgan fingerprint density at radius 2 is 2.00 bits per heavy atom. The Balaban J connectivity index is 1.72. The summed E-state index contributed by atoms with van der Waals surface area (Å²) in [6, 6.07) is 13.1. The normalized spacial score (nSPS) is 14.7. The van der Waals surface area contributed by atoms with Crippen molar-refractivity contribution in [3.05, 3.63) is 64.9 Å². The Morgan fingerprint density at radius 3 is 2.72 bits per heavy atom. The van der Waals surface area contributed by atoms with Gasteiger partial charge in [0.25, 0.3) is 5.91 Å². The number of nitrogens with zero attached hydrogens (tertiary/aromatic N) is 3. The van der Waals surface area contributed by atoms with Gasteiger partial charge in [-0.05, 0) is 68.0 Å². The highest BCUT2D eigenvalue weighted by Gasteiger charge is 2.35. The summed E-state index contributed by atoms with van der Waals surface area (Å²) in [5, 5.41) is 11.9. The Labute approximate surface area is 235 Å². The minimum atomic E-state index is -0.502. The molecule has 1 aliphatic heterocycles. The first-order valence-corrected chi connectivity index (χ1v) is 14.5. The molecule has 0 radical (unpaired) electrons. The fourth-order valence-corrected chi connectivity index (χ4v) is 5.31. The smallest absolute Gasteiger partial charge is 0.255 e. The van der Waals surface area contributed by atoms with Crippen LogP contribution in [0.1, 0.15) is 64.1 Å². The standard InChI is InChI=1S/C30H39N5O3S/c1-7-8-16-39-30-33-29-31-21(5)26(28(36)32-23-11-9-10-20(4)17-23)27(35(29)34-30)22-12-13-24(25(18-22)37-6)38-15-14-19(2)3/h9-13,17-19,27H,7-8,14-16H2,1-6H3,(H,32,36)(H,31,33,34). The summed E-state index contributed by atoms with van der Waals surface area (Å²) in [4.78, 5) is 18.5. The van der Waals surface area contributed by atoms with Gasteiger partial charge in [0.05, 0.1) is 19.3 Å². The molecule has 1 atom stereocenters. The molecule has 0 bridgehead atoms. The van der Waals surface area contributed by atoms with Crippen molar-refractivity contribution in [2.75, 3.05) is 30.1 Å². The molecule has 0 aliphatic carbocycles. The molecule has 0 fully saturated rings. The number of allylic oxidation sites excluding steroid dienone is 1. The Hall–Kier alpha value is -3.46. The number of unbranched alkanes of at least 4 members (excludes halogenated alkanes) is 1. The van der Waals surface area contributed by atoms with Gasteiger partial charge in [0.15, 0.2) is 11.5 Å². The predicted molar refractivity (Wildman–Crippen MR) is 158 cm³/mol. The molecule has 3 aromatic rings. The second-order valence-corrected chi connectivity index (χ2v) is 11.3. The zero-order chi connectivity index (χ0) is 27.9. The van der Waals surface area contributed by atoms with Crippen LogP contribution in [0.2, 0.25) is 0 Å². The van der Waals surface area contributed by atoms with Crippen molar-refractivity contribution in [2.45, 2.75) is 65.1 Å². The van der Waals surface area contributed by atoms with Crippen molar-refractivity contribution in [1.29, 1.82) is 0 Å². The highest BCUT2D eigenvalue weighted by atomic mass is 32.2. The zero-order valence-electron chi connectivity index (χ0n) is 23.7. The minimum absolute atomic E-state index is 0.201. The number of aryl methyl sites for hydroxylation is 1. The third-order valence-electron chi connectivity index (χ3n) is 6.54. The molecule has 2 heterocycles. The van der Waals surface area contributed by atoms with Crippen LogP contribution >= 0.6 is 11.8 Å². The SMILES string of the molecule is CCCCSc1nc2n(n1)C(c1ccc(OCCC(C)C)c(OC)c1)C(C(=O)Nc1cccc(C)c1)=C(C)N2. The van der Waals surface area contributed by atoms with Gasteiger partial charge in [0, 0.05) is 17.1 Å². The molecule has 1 aliphatic rings. The maximum atomic E-state index is 13.8. The number of carbonyl (C=O) groups is 1. The Bertz CT molecular complexity index is 1330. The zero-order valence-corrected chi connectivity index (χ0v) is 24.5. The van der Waals surface area contributed by atoms with E-state index in [0.29, 0.717) is 40.7 Å². The molecule has 1 amide bonds. The maximum absolute atomic E-state index is 13.8. The number of nitrogens with one attached hydrogen (secondary N) is 2. The van der Waals surface area contributed by atoms with Gasteiger partial charge in [-0.2, -0.15) is 4.98 Å². The largest absolute Gasteiger partial charge is 0.493 e. The summed E-state index contributed by atoms with van der Waals surface area (Å²) < 4.78 is 13.6. The van der Waals surface area contributed by atoms with E-state index in [1.54, 1.807) is 23.6 Å². The highest BCUT2D eigenvalue weighted by Crippen LogP contribution is 2.40. The van der Waals surface area contributed by atoms with Crippen LogP contribution in [0.4, 0.5) is 11.6 Å². The highest BCUT2D eigenvalue weighted by molar-refractivity contribution is 7.99. The van der Waals surface area contributed by atoms with E-state index in [9.17, 15) is 4.79 Å². The number of rotatable bonds is 12. The molecule has 1 aromatic heterocycles. The molecular weight excluding hydrogens is 510 g/mol. The van der Waals surface area contributed by atoms with Gasteiger partial charge in [-0.15, -0.1) is 5.10 Å². The number of anilines is 2. The van der Waals surface area contributed by atoms with Gasteiger partial charge in [0.1, 0.15) is 6.04 Å². The van der Waals surface area contributed by atoms with Crippen LogP contribution in [0.25, 0.3) is 0 Å². The van der Waals surface area contributed by atoms with Gasteiger partial charge in [0.2, 0.25) is 11.1 Å². The van der Waals surface area contributed by atoms with E-state index in [4.69, 9.17) is 19.6 Å². The lowest BCUT2D eigenvalue weighted by atomic mass is 9.94. The van der Waals surface area contributed by atoms with Crippen LogP contribution < -0.4 is 20.1 Å². The van der Waals surface area contributed by atoms with Crippen molar-refractivity contribution in [2.24, 2.45) is 5.92 Å². The van der Waals surface area contributed by atoms with Crippen LogP contribution in [0, 0.1) is 12.8 Å². The van der Waals surface area contributed by atoms with Crippen LogP contribution in [0.5, 0.6) is 11.5 Å². The van der Waals surface area contributed by atoms with Crippen LogP contribution in [0.3, 0.4) is 0 Å². The van der Waals surface area contributed by atoms with Crippen molar-refractivity contribution < 1.29 is 14.3 Å². The number of hydrogen-bond acceptors (Lipinski definition) is 7. The Morgan fingerprint density at radius 1 is 1.18 bits per heavy atom. The third-order valence-corrected chi connectivity index (χ3v) is 7.46. The average Bonchev–Trinajstić information content (AvgIpc) is 3.30. The summed E-state index contributed by atoms with van der Waals surface area (Å²) >= 11 is 1.63. The molecule has 4 rings (SSSR count). The van der Waals surface area contributed by atoms with Crippen LogP contribution in [-0.4, -0.2) is 40.1 Å². The van der Waals surface area contributed by atoms with E-state index in [1.807, 2.05) is 56.3 Å². The fraction of sp³-hybridized carbons (Fsp3) is 0.433. The fourth-order valence-electron chi connectivity index (χ4n) is 4.40. The summed E-state index contributed by atoms with van der Waals surface area (Å²) in [5.41, 5.74) is 3.96. The molecular formula is C30H39N5O3S. The van der Waals surface area contributed by atoms with Gasteiger partial charge in [-0.3, -0.25) is 4.79 Å². The molecule has 0 spiro atoms. The predicted octanol–water partition coefficient (Wildman–Crippen LogP) is 6.84. The van der Waals surface area contributed by atoms with Crippen molar-refractivity contribution in [3.63, 3.8) is 0 Å². The summed E-state index contributed by atoms with van der Waals surface area (Å²) in [6.07, 6.45) is 3.14. The van der Waals surface area contributed by atoms with E-state index < -0.39 is 6.04 Å². The number of ether oxygens (including phenoxy) is 2. The van der Waals surface area contributed by atoms with Crippen molar-refractivity contribution in [3.8, 4) is 11.5 Å². The molecule has 39 heavy (non-hydrogen) atoms. The first-order valence-electron chi connectivity index (χ1n) is 13.6. The first-order chi connectivity index (χ1) is 18.8. The van der Waals surface area contributed by atoms with Crippen molar-refractivity contribution >= 4 is 29.3 Å². The van der Waals surface area contributed by atoms with E-state index in [0.717, 1.165) is 47.5 Å². The maximum Gasteiger partial charge on any atom is 0.255 e. The second-order valence-electron chi connectivity index (χ2n) is 10.2. The second kappa shape index (κ2) is 13.1. The quantitative estimate of drug-likeness (QED) is 0.189. The van der Waals surface area contributed by atoms with E-state index in [2.05, 4.69) is 31.4 Å². The lowest BCUT2D eigenvalue weighted by Crippen LogP contribution is -2.31. The van der Waals surface area contributed by atoms with E-state index >= 15 is 0 Å². The molecule has 2 N–H and O–H groups in total. The number of fused-ring (bicyclic) bond motifs is 1. The molecule has 0 saturated heterocycles. The lowest BCUT2D eigenvalue weighted by Gasteiger charge is -2.29. The number of amides is 1. The summed E-state index contributed by atoms with van der Waals surface area (Å²) in [7, 11) is 1.63. The average molecular weight is 550 g/mol. The summed E-state index contributed by atoms with van der Waals surface area (Å²) in [6.45, 7) is 11.0. The minimum Gasteiger partial charge on any atom is -0.493 e. The number of aromatic nitrogens is 3. The lowest BCUT2D eigenvalue weighted by molar-refractivity contribution is -0.113. The molecule has 208 valence electrons. The van der Waals surface area contributed by atoms with E-state index in [1.165, 1.54) is 0 Å². The number of thioether (sulfide) groups is 1.